The predicted octanol–water partition coefficient (Wildman–Crippen LogP) is 4.44. The summed E-state index contributed by atoms with van der Waals surface area (Å²) >= 11 is 1.41. The molecule has 0 aliphatic carbocycles. The molecular formula is C20H20FN3OS. The van der Waals surface area contributed by atoms with Crippen LogP contribution in [-0.4, -0.2) is 21.1 Å². The molecule has 1 heterocycles. The number of carbonyl (C=O) groups excluding carboxylic acids is 1. The van der Waals surface area contributed by atoms with Crippen LogP contribution in [0.5, 0.6) is 0 Å². The molecule has 0 saturated carbocycles. The van der Waals surface area contributed by atoms with E-state index in [1.54, 1.807) is 12.1 Å². The lowest BCUT2D eigenvalue weighted by atomic mass is 10.1. The molecule has 1 N–H and O–H groups in total. The standard InChI is InChI=1S/C20H20FN3OS/c1-12(15-8-10-16(21)11-9-15)22-19(25)13(2)26-20-17-6-4-5-7-18(17)23-14(3)24-20/h4-13H,1-3H3,(H,22,25). The normalized spacial score (nSPS) is 13.4. The average Bonchev–Trinajstić information content (AvgIpc) is 2.62. The number of hydrogen-bond acceptors (Lipinski definition) is 4. The Hall–Kier alpha value is -2.47. The van der Waals surface area contributed by atoms with Gasteiger partial charge in [0.25, 0.3) is 0 Å². The fourth-order valence-electron chi connectivity index (χ4n) is 2.63. The van der Waals surface area contributed by atoms with E-state index >= 15 is 0 Å². The van der Waals surface area contributed by atoms with E-state index in [4.69, 9.17) is 0 Å². The molecule has 26 heavy (non-hydrogen) atoms. The molecule has 134 valence electrons. The first kappa shape index (κ1) is 18.3. The molecule has 1 aromatic heterocycles. The minimum atomic E-state index is -0.324. The van der Waals surface area contributed by atoms with Crippen molar-refractivity contribution in [1.82, 2.24) is 15.3 Å². The minimum Gasteiger partial charge on any atom is -0.349 e. The van der Waals surface area contributed by atoms with E-state index in [-0.39, 0.29) is 23.0 Å². The first-order valence-corrected chi connectivity index (χ1v) is 9.28. The summed E-state index contributed by atoms with van der Waals surface area (Å²) in [5, 5.41) is 4.38. The summed E-state index contributed by atoms with van der Waals surface area (Å²) in [4.78, 5) is 21.5. The number of thioether (sulfide) groups is 1. The largest absolute Gasteiger partial charge is 0.349 e. The fourth-order valence-corrected chi connectivity index (χ4v) is 3.63. The van der Waals surface area contributed by atoms with E-state index in [0.717, 1.165) is 21.5 Å². The van der Waals surface area contributed by atoms with Gasteiger partial charge in [0.05, 0.1) is 16.8 Å². The molecule has 0 radical (unpaired) electrons. The lowest BCUT2D eigenvalue weighted by Crippen LogP contribution is -2.33. The number of fused-ring (bicyclic) bond motifs is 1. The second-order valence-electron chi connectivity index (χ2n) is 6.14. The van der Waals surface area contributed by atoms with Gasteiger partial charge in [-0.15, -0.1) is 0 Å². The van der Waals surface area contributed by atoms with Crippen LogP contribution < -0.4 is 5.32 Å². The molecule has 4 nitrogen and oxygen atoms in total. The fraction of sp³-hybridized carbons (Fsp3) is 0.250. The molecule has 3 rings (SSSR count). The van der Waals surface area contributed by atoms with Crippen LogP contribution in [0.1, 0.15) is 31.3 Å². The van der Waals surface area contributed by atoms with Crippen molar-refractivity contribution < 1.29 is 9.18 Å². The zero-order valence-electron chi connectivity index (χ0n) is 14.9. The van der Waals surface area contributed by atoms with Gasteiger partial charge in [0.1, 0.15) is 16.7 Å². The Morgan fingerprint density at radius 3 is 2.50 bits per heavy atom. The van der Waals surface area contributed by atoms with Gasteiger partial charge in [0, 0.05) is 5.39 Å². The van der Waals surface area contributed by atoms with Gasteiger partial charge in [-0.05, 0) is 44.5 Å². The molecule has 2 atom stereocenters. The number of carbonyl (C=O) groups is 1. The number of amides is 1. The van der Waals surface area contributed by atoms with E-state index in [0.29, 0.717) is 5.82 Å². The lowest BCUT2D eigenvalue weighted by Gasteiger charge is -2.18. The topological polar surface area (TPSA) is 54.9 Å². The highest BCUT2D eigenvalue weighted by molar-refractivity contribution is 8.00. The summed E-state index contributed by atoms with van der Waals surface area (Å²) < 4.78 is 13.0. The molecule has 0 aliphatic heterocycles. The van der Waals surface area contributed by atoms with Gasteiger partial charge < -0.3 is 5.32 Å². The van der Waals surface area contributed by atoms with E-state index in [9.17, 15) is 9.18 Å². The van der Waals surface area contributed by atoms with Crippen LogP contribution >= 0.6 is 11.8 Å². The number of aromatic nitrogens is 2. The van der Waals surface area contributed by atoms with Crippen LogP contribution in [0.25, 0.3) is 10.9 Å². The summed E-state index contributed by atoms with van der Waals surface area (Å²) in [6.07, 6.45) is 0. The zero-order chi connectivity index (χ0) is 18.7. The maximum atomic E-state index is 13.0. The maximum absolute atomic E-state index is 13.0. The van der Waals surface area contributed by atoms with E-state index in [1.165, 1.54) is 23.9 Å². The van der Waals surface area contributed by atoms with Crippen molar-refractivity contribution in [1.29, 1.82) is 0 Å². The van der Waals surface area contributed by atoms with Crippen LogP contribution in [0, 0.1) is 12.7 Å². The van der Waals surface area contributed by atoms with E-state index in [2.05, 4.69) is 15.3 Å². The predicted molar refractivity (Wildman–Crippen MR) is 103 cm³/mol. The van der Waals surface area contributed by atoms with Gasteiger partial charge in [-0.3, -0.25) is 4.79 Å². The van der Waals surface area contributed by atoms with Gasteiger partial charge in [-0.2, -0.15) is 0 Å². The highest BCUT2D eigenvalue weighted by Crippen LogP contribution is 2.29. The van der Waals surface area contributed by atoms with Gasteiger partial charge >= 0.3 is 0 Å². The molecule has 0 fully saturated rings. The van der Waals surface area contributed by atoms with Gasteiger partial charge in [0.15, 0.2) is 0 Å². The minimum absolute atomic E-state index is 0.0906. The third kappa shape index (κ3) is 4.19. The van der Waals surface area contributed by atoms with Gasteiger partial charge in [-0.1, -0.05) is 42.1 Å². The number of halogens is 1. The number of para-hydroxylation sites is 1. The third-order valence-corrected chi connectivity index (χ3v) is 5.17. The molecular weight excluding hydrogens is 349 g/mol. The number of nitrogens with one attached hydrogen (secondary N) is 1. The molecule has 0 bridgehead atoms. The summed E-state index contributed by atoms with van der Waals surface area (Å²) in [6.45, 7) is 5.58. The van der Waals surface area contributed by atoms with Gasteiger partial charge in [0.2, 0.25) is 5.91 Å². The van der Waals surface area contributed by atoms with Crippen molar-refractivity contribution in [3.05, 3.63) is 65.7 Å². The van der Waals surface area contributed by atoms with Crippen molar-refractivity contribution >= 4 is 28.6 Å². The Morgan fingerprint density at radius 2 is 1.77 bits per heavy atom. The Labute approximate surface area is 156 Å². The second-order valence-corrected chi connectivity index (χ2v) is 7.46. The Kier molecular flexibility index (Phi) is 5.52. The lowest BCUT2D eigenvalue weighted by molar-refractivity contribution is -0.120. The molecule has 2 aromatic carbocycles. The summed E-state index contributed by atoms with van der Waals surface area (Å²) in [5.41, 5.74) is 1.73. The quantitative estimate of drug-likeness (QED) is 0.534. The Morgan fingerprint density at radius 1 is 1.08 bits per heavy atom. The third-order valence-electron chi connectivity index (χ3n) is 4.07. The van der Waals surface area contributed by atoms with Crippen LogP contribution in [0.3, 0.4) is 0 Å². The average molecular weight is 369 g/mol. The van der Waals surface area contributed by atoms with E-state index < -0.39 is 0 Å². The smallest absolute Gasteiger partial charge is 0.233 e. The van der Waals surface area contributed by atoms with Crippen LogP contribution in [0.2, 0.25) is 0 Å². The van der Waals surface area contributed by atoms with Gasteiger partial charge in [-0.25, -0.2) is 14.4 Å². The van der Waals surface area contributed by atoms with Crippen LogP contribution in [0.15, 0.2) is 53.6 Å². The maximum Gasteiger partial charge on any atom is 0.233 e. The number of hydrogen-bond donors (Lipinski definition) is 1. The second kappa shape index (κ2) is 7.83. The van der Waals surface area contributed by atoms with Crippen molar-refractivity contribution in [2.75, 3.05) is 0 Å². The highest BCUT2D eigenvalue weighted by Gasteiger charge is 2.19. The molecule has 0 saturated heterocycles. The van der Waals surface area contributed by atoms with Crippen molar-refractivity contribution in [2.45, 2.75) is 37.1 Å². The van der Waals surface area contributed by atoms with Crippen molar-refractivity contribution in [3.63, 3.8) is 0 Å². The molecule has 0 aliphatic rings. The molecule has 2 unspecified atom stereocenters. The van der Waals surface area contributed by atoms with Crippen molar-refractivity contribution in [3.8, 4) is 0 Å². The molecule has 0 spiro atoms. The molecule has 3 aromatic rings. The summed E-state index contributed by atoms with van der Waals surface area (Å²) in [5.74, 6) is 0.299. The highest BCUT2D eigenvalue weighted by atomic mass is 32.2. The molecule has 6 heteroatoms. The molecule has 1 amide bonds. The Bertz CT molecular complexity index is 930. The first-order chi connectivity index (χ1) is 12.4. The summed E-state index contributed by atoms with van der Waals surface area (Å²) in [7, 11) is 0. The summed E-state index contributed by atoms with van der Waals surface area (Å²) in [6, 6.07) is 13.7. The van der Waals surface area contributed by atoms with Crippen molar-refractivity contribution in [2.24, 2.45) is 0 Å². The van der Waals surface area contributed by atoms with Crippen LogP contribution in [0.4, 0.5) is 4.39 Å². The number of nitrogens with zero attached hydrogens (tertiary/aromatic N) is 2. The number of aryl methyl sites for hydroxylation is 1. The number of benzene rings is 2. The van der Waals surface area contributed by atoms with E-state index in [1.807, 2.05) is 45.0 Å². The zero-order valence-corrected chi connectivity index (χ0v) is 15.7. The van der Waals surface area contributed by atoms with Crippen LogP contribution in [-0.2, 0) is 4.79 Å². The SMILES string of the molecule is Cc1nc(SC(C)C(=O)NC(C)c2ccc(F)cc2)c2ccccc2n1. The monoisotopic (exact) mass is 369 g/mol. The Balaban J connectivity index is 1.72. The number of rotatable bonds is 5. The first-order valence-electron chi connectivity index (χ1n) is 8.40.